The van der Waals surface area contributed by atoms with E-state index in [1.807, 2.05) is 25.1 Å². The van der Waals surface area contributed by atoms with Crippen LogP contribution in [0.15, 0.2) is 67.0 Å². The molecule has 1 aromatic heterocycles. The van der Waals surface area contributed by atoms with Gasteiger partial charge in [0.15, 0.2) is 0 Å². The zero-order valence-corrected chi connectivity index (χ0v) is 22.4. The summed E-state index contributed by atoms with van der Waals surface area (Å²) in [5.74, 6) is -0.837. The van der Waals surface area contributed by atoms with Crippen molar-refractivity contribution in [2.45, 2.75) is 0 Å². The lowest BCUT2D eigenvalue weighted by molar-refractivity contribution is -0.110. The molecule has 0 aliphatic carbocycles. The highest BCUT2D eigenvalue weighted by Gasteiger charge is 2.29. The molecule has 0 radical (unpaired) electrons. The van der Waals surface area contributed by atoms with Crippen LogP contribution in [-0.4, -0.2) is 70.7 Å². The van der Waals surface area contributed by atoms with E-state index in [-0.39, 0.29) is 5.91 Å². The van der Waals surface area contributed by atoms with Gasteiger partial charge >= 0.3 is 5.97 Å². The van der Waals surface area contributed by atoms with Crippen LogP contribution in [0.4, 0.5) is 17.1 Å². The number of nitrogens with one attached hydrogen (secondary N) is 2. The van der Waals surface area contributed by atoms with Crippen molar-refractivity contribution in [1.29, 1.82) is 0 Å². The van der Waals surface area contributed by atoms with Crippen molar-refractivity contribution in [1.82, 2.24) is 9.88 Å². The second kappa shape index (κ2) is 11.0. The third-order valence-electron chi connectivity index (χ3n) is 5.96. The molecule has 198 valence electrons. The molecule has 1 amide bonds. The van der Waals surface area contributed by atoms with Crippen LogP contribution >= 0.6 is 0 Å². The normalized spacial score (nSPS) is 14.1. The zero-order valence-electron chi connectivity index (χ0n) is 21.6. The van der Waals surface area contributed by atoms with E-state index in [1.54, 1.807) is 60.9 Å². The average Bonchev–Trinajstić information content (AvgIpc) is 3.21. The second-order valence-corrected chi connectivity index (χ2v) is 10.9. The first-order chi connectivity index (χ1) is 18.1. The van der Waals surface area contributed by atoms with Crippen molar-refractivity contribution in [3.05, 3.63) is 83.7 Å². The van der Waals surface area contributed by atoms with E-state index >= 15 is 0 Å². The third kappa shape index (κ3) is 5.84. The maximum Gasteiger partial charge on any atom is 0.337 e. The van der Waals surface area contributed by atoms with Gasteiger partial charge in [-0.25, -0.2) is 13.2 Å². The molecule has 0 saturated carbocycles. The molecule has 1 aliphatic heterocycles. The van der Waals surface area contributed by atoms with Crippen molar-refractivity contribution < 1.29 is 22.7 Å². The minimum Gasteiger partial charge on any atom is -0.465 e. The van der Waals surface area contributed by atoms with Gasteiger partial charge in [0.1, 0.15) is 0 Å². The summed E-state index contributed by atoms with van der Waals surface area (Å²) in [5.41, 5.74) is 4.20. The minimum absolute atomic E-state index is 0.314. The minimum atomic E-state index is -3.48. The summed E-state index contributed by atoms with van der Waals surface area (Å²) in [5, 5.41) is 6.15. The Balaban J connectivity index is 1.73. The van der Waals surface area contributed by atoms with Crippen LogP contribution < -0.4 is 14.9 Å². The summed E-state index contributed by atoms with van der Waals surface area (Å²) in [6.07, 6.45) is 4.46. The number of sulfonamides is 1. The summed E-state index contributed by atoms with van der Waals surface area (Å²) >= 11 is 0. The topological polar surface area (TPSA) is 121 Å². The number of ether oxygens (including phenoxy) is 1. The molecule has 0 saturated heterocycles. The molecular formula is C27H29N5O5S. The smallest absolute Gasteiger partial charge is 0.337 e. The Morgan fingerprint density at radius 1 is 1.05 bits per heavy atom. The molecule has 11 heteroatoms. The van der Waals surface area contributed by atoms with Gasteiger partial charge in [-0.2, -0.15) is 0 Å². The number of benzene rings is 2. The monoisotopic (exact) mass is 535 g/mol. The first-order valence-electron chi connectivity index (χ1n) is 11.8. The molecule has 0 bridgehead atoms. The van der Waals surface area contributed by atoms with E-state index in [4.69, 9.17) is 4.74 Å². The number of pyridine rings is 1. The van der Waals surface area contributed by atoms with Crippen molar-refractivity contribution in [2.24, 2.45) is 0 Å². The predicted octanol–water partition coefficient (Wildman–Crippen LogP) is 3.13. The van der Waals surface area contributed by atoms with Gasteiger partial charge in [0.25, 0.3) is 5.91 Å². The Bertz CT molecular complexity index is 1490. The number of methoxy groups -OCH3 is 1. The molecule has 2 heterocycles. The third-order valence-corrected chi connectivity index (χ3v) is 7.15. The number of fused-ring (bicyclic) bond motifs is 1. The lowest BCUT2D eigenvalue weighted by Crippen LogP contribution is -2.35. The van der Waals surface area contributed by atoms with Crippen molar-refractivity contribution >= 4 is 50.2 Å². The lowest BCUT2D eigenvalue weighted by Gasteiger charge is -2.24. The van der Waals surface area contributed by atoms with Crippen LogP contribution in [0, 0.1) is 0 Å². The van der Waals surface area contributed by atoms with E-state index in [9.17, 15) is 18.0 Å². The number of esters is 1. The molecule has 0 atom stereocenters. The molecule has 3 aromatic rings. The van der Waals surface area contributed by atoms with Gasteiger partial charge in [-0.15, -0.1) is 0 Å². The van der Waals surface area contributed by atoms with E-state index in [2.05, 4.69) is 15.6 Å². The maximum atomic E-state index is 13.1. The quantitative estimate of drug-likeness (QED) is 0.317. The summed E-state index contributed by atoms with van der Waals surface area (Å²) < 4.78 is 31.0. The summed E-state index contributed by atoms with van der Waals surface area (Å²) in [6, 6.07) is 15.4. The summed E-state index contributed by atoms with van der Waals surface area (Å²) in [4.78, 5) is 31.2. The molecule has 1 aliphatic rings. The molecule has 0 fully saturated rings. The van der Waals surface area contributed by atoms with E-state index in [1.165, 1.54) is 17.7 Å². The number of aromatic nitrogens is 1. The van der Waals surface area contributed by atoms with Crippen LogP contribution in [0.25, 0.3) is 11.3 Å². The number of likely N-dealkylation sites (N-methyl/N-ethyl adjacent to an activating group) is 1. The van der Waals surface area contributed by atoms with Gasteiger partial charge in [-0.3, -0.25) is 14.1 Å². The van der Waals surface area contributed by atoms with Crippen molar-refractivity contribution in [3.63, 3.8) is 0 Å². The molecule has 2 aromatic carbocycles. The molecule has 2 N–H and O–H groups in total. The molecule has 0 spiro atoms. The Hall–Kier alpha value is -4.22. The Labute approximate surface area is 222 Å². The Morgan fingerprint density at radius 3 is 2.39 bits per heavy atom. The predicted molar refractivity (Wildman–Crippen MR) is 148 cm³/mol. The molecule has 10 nitrogen and oxygen atoms in total. The first kappa shape index (κ1) is 26.8. The molecule has 38 heavy (non-hydrogen) atoms. The van der Waals surface area contributed by atoms with Crippen LogP contribution in [-0.2, 0) is 19.6 Å². The van der Waals surface area contributed by atoms with E-state index < -0.39 is 16.0 Å². The fourth-order valence-electron chi connectivity index (χ4n) is 4.09. The van der Waals surface area contributed by atoms with Crippen LogP contribution in [0.3, 0.4) is 0 Å². The highest BCUT2D eigenvalue weighted by Crippen LogP contribution is 2.38. The average molecular weight is 536 g/mol. The van der Waals surface area contributed by atoms with E-state index in [0.717, 1.165) is 0 Å². The number of rotatable bonds is 9. The number of nitrogens with zero attached hydrogens (tertiary/aromatic N) is 3. The molecule has 0 unspecified atom stereocenters. The van der Waals surface area contributed by atoms with Gasteiger partial charge in [-0.1, -0.05) is 6.07 Å². The Kier molecular flexibility index (Phi) is 7.79. The van der Waals surface area contributed by atoms with Gasteiger partial charge in [0, 0.05) is 42.3 Å². The van der Waals surface area contributed by atoms with Crippen LogP contribution in [0.5, 0.6) is 0 Å². The lowest BCUT2D eigenvalue weighted by atomic mass is 9.99. The first-order valence-corrected chi connectivity index (χ1v) is 13.6. The van der Waals surface area contributed by atoms with Crippen molar-refractivity contribution in [2.75, 3.05) is 55.5 Å². The number of amides is 1. The van der Waals surface area contributed by atoms with Crippen LogP contribution in [0.2, 0.25) is 0 Å². The largest absolute Gasteiger partial charge is 0.465 e. The standard InChI is InChI=1S/C27H29N5O5S/c1-31(2)14-15-32(38(4,35)36)21-10-8-20(9-11-21)29-25(19-6-5-13-28-17-19)24-22-12-7-18(27(34)37-3)16-23(22)30-26(24)33/h5-13,16-17,29H,14-15H2,1-4H3,(H,30,33). The number of carbonyl (C=O) groups is 2. The van der Waals surface area contributed by atoms with Gasteiger partial charge in [-0.05, 0) is 62.6 Å². The highest BCUT2D eigenvalue weighted by atomic mass is 32.2. The fourth-order valence-corrected chi connectivity index (χ4v) is 5.01. The van der Waals surface area contributed by atoms with Crippen molar-refractivity contribution in [3.8, 4) is 0 Å². The fraction of sp³-hybridized carbons (Fsp3) is 0.222. The summed E-state index contributed by atoms with van der Waals surface area (Å²) in [7, 11) is 1.59. The van der Waals surface area contributed by atoms with Crippen LogP contribution in [0.1, 0.15) is 21.5 Å². The number of carbonyl (C=O) groups excluding carboxylic acids is 2. The SMILES string of the molecule is COC(=O)c1ccc2c(c1)NC(=O)C2=C(Nc1ccc(N(CCN(C)C)S(C)(=O)=O)cc1)c1cccnc1. The number of hydrogen-bond donors (Lipinski definition) is 2. The number of hydrogen-bond acceptors (Lipinski definition) is 8. The summed E-state index contributed by atoms with van der Waals surface area (Å²) in [6.45, 7) is 0.880. The van der Waals surface area contributed by atoms with Gasteiger partial charge in [0.05, 0.1) is 41.6 Å². The molecular weight excluding hydrogens is 506 g/mol. The van der Waals surface area contributed by atoms with Gasteiger partial charge in [0.2, 0.25) is 10.0 Å². The highest BCUT2D eigenvalue weighted by molar-refractivity contribution is 7.92. The second-order valence-electron chi connectivity index (χ2n) is 9.01. The van der Waals surface area contributed by atoms with E-state index in [0.29, 0.717) is 58.1 Å². The zero-order chi connectivity index (χ0) is 27.4. The van der Waals surface area contributed by atoms with Gasteiger partial charge < -0.3 is 20.3 Å². The Morgan fingerprint density at radius 2 is 1.79 bits per heavy atom. The number of anilines is 3. The maximum absolute atomic E-state index is 13.1. The molecule has 4 rings (SSSR count).